The van der Waals surface area contributed by atoms with Gasteiger partial charge in [0.05, 0.1) is 13.1 Å². The van der Waals surface area contributed by atoms with Crippen LogP contribution in [0.2, 0.25) is 5.02 Å². The van der Waals surface area contributed by atoms with Gasteiger partial charge in [-0.25, -0.2) is 0 Å². The number of likely N-dealkylation sites (N-methyl/N-ethyl adjacent to an activating group) is 1. The van der Waals surface area contributed by atoms with Gasteiger partial charge in [0.25, 0.3) is 0 Å². The van der Waals surface area contributed by atoms with Gasteiger partial charge in [-0.15, -0.1) is 24.0 Å². The summed E-state index contributed by atoms with van der Waals surface area (Å²) in [7, 11) is 2.04. The number of guanidine groups is 1. The molecule has 0 spiro atoms. The number of aliphatic imine (C=N–C) groups is 1. The van der Waals surface area contributed by atoms with Crippen LogP contribution in [0.4, 0.5) is 0 Å². The maximum absolute atomic E-state index is 5.90. The highest BCUT2D eigenvalue weighted by molar-refractivity contribution is 14.0. The smallest absolute Gasteiger partial charge is 0.193 e. The van der Waals surface area contributed by atoms with Gasteiger partial charge in [-0.2, -0.15) is 11.8 Å². The zero-order valence-corrected chi connectivity index (χ0v) is 20.3. The first kappa shape index (κ1) is 24.7. The SMILES string of the molecule is CCNC(=NCC1(SC)CCOCC1)N(C)CCOc1ccc(Cl)cc1.I. The van der Waals surface area contributed by atoms with Crippen LogP contribution in [-0.2, 0) is 4.74 Å². The fourth-order valence-electron chi connectivity index (χ4n) is 2.80. The van der Waals surface area contributed by atoms with Gasteiger partial charge < -0.3 is 19.7 Å². The summed E-state index contributed by atoms with van der Waals surface area (Å²) in [5.41, 5.74) is 0. The van der Waals surface area contributed by atoms with E-state index in [1.807, 2.05) is 43.1 Å². The topological polar surface area (TPSA) is 46.1 Å². The normalized spacial score (nSPS) is 16.4. The molecule has 0 unspecified atom stereocenters. The molecule has 0 radical (unpaired) electrons. The van der Waals surface area contributed by atoms with Crippen molar-refractivity contribution in [2.24, 2.45) is 4.99 Å². The van der Waals surface area contributed by atoms with Gasteiger partial charge in [-0.3, -0.25) is 4.99 Å². The van der Waals surface area contributed by atoms with E-state index >= 15 is 0 Å². The third-order valence-corrected chi connectivity index (χ3v) is 6.21. The maximum atomic E-state index is 5.90. The average Bonchev–Trinajstić information content (AvgIpc) is 2.67. The number of nitrogens with one attached hydrogen (secondary N) is 1. The first-order valence-electron chi connectivity index (χ1n) is 9.09. The number of nitrogens with zero attached hydrogens (tertiary/aromatic N) is 2. The molecule has 5 nitrogen and oxygen atoms in total. The molecule has 154 valence electrons. The van der Waals surface area contributed by atoms with Gasteiger partial charge in [0.15, 0.2) is 5.96 Å². The molecule has 1 N–H and O–H groups in total. The molecular formula is C19H31ClIN3O2S. The first-order valence-corrected chi connectivity index (χ1v) is 10.7. The van der Waals surface area contributed by atoms with E-state index in [1.54, 1.807) is 0 Å². The molecule has 1 heterocycles. The van der Waals surface area contributed by atoms with Crippen molar-refractivity contribution in [3.05, 3.63) is 29.3 Å². The van der Waals surface area contributed by atoms with Crippen LogP contribution in [0.5, 0.6) is 5.75 Å². The van der Waals surface area contributed by atoms with E-state index in [9.17, 15) is 0 Å². The van der Waals surface area contributed by atoms with E-state index in [2.05, 4.69) is 23.4 Å². The van der Waals surface area contributed by atoms with Crippen LogP contribution in [0.3, 0.4) is 0 Å². The van der Waals surface area contributed by atoms with Crippen molar-refractivity contribution >= 4 is 53.3 Å². The van der Waals surface area contributed by atoms with Gasteiger partial charge in [0, 0.05) is 36.6 Å². The molecule has 1 aromatic rings. The summed E-state index contributed by atoms with van der Waals surface area (Å²) in [6, 6.07) is 7.44. The first-order chi connectivity index (χ1) is 12.6. The molecule has 1 aliphatic rings. The van der Waals surface area contributed by atoms with Crippen molar-refractivity contribution < 1.29 is 9.47 Å². The Morgan fingerprint density at radius 1 is 1.33 bits per heavy atom. The Kier molecular flexibility index (Phi) is 11.8. The molecule has 8 heteroatoms. The molecule has 0 saturated carbocycles. The van der Waals surface area contributed by atoms with Gasteiger partial charge in [-0.05, 0) is 50.3 Å². The molecular weight excluding hydrogens is 497 g/mol. The number of hydrogen-bond donors (Lipinski definition) is 1. The monoisotopic (exact) mass is 527 g/mol. The van der Waals surface area contributed by atoms with Gasteiger partial charge >= 0.3 is 0 Å². The standard InChI is InChI=1S/C19H30ClN3O2S.HI/c1-4-21-18(22-15-19(26-3)9-12-24-13-10-19)23(2)11-14-25-17-7-5-16(20)6-8-17;/h5-8H,4,9-15H2,1-3H3,(H,21,22);1H. The maximum Gasteiger partial charge on any atom is 0.193 e. The van der Waals surface area contributed by atoms with Gasteiger partial charge in [-0.1, -0.05) is 11.6 Å². The Morgan fingerprint density at radius 2 is 2.00 bits per heavy atom. The van der Waals surface area contributed by atoms with Crippen LogP contribution in [0.15, 0.2) is 29.3 Å². The summed E-state index contributed by atoms with van der Waals surface area (Å²) in [6.45, 7) is 6.74. The fourth-order valence-corrected chi connectivity index (χ4v) is 3.69. The lowest BCUT2D eigenvalue weighted by Crippen LogP contribution is -2.43. The minimum absolute atomic E-state index is 0. The van der Waals surface area contributed by atoms with Gasteiger partial charge in [0.1, 0.15) is 12.4 Å². The fraction of sp³-hybridized carbons (Fsp3) is 0.632. The van der Waals surface area contributed by atoms with Crippen molar-refractivity contribution in [2.45, 2.75) is 24.5 Å². The largest absolute Gasteiger partial charge is 0.492 e. The summed E-state index contributed by atoms with van der Waals surface area (Å²) in [5.74, 6) is 1.75. The van der Waals surface area contributed by atoms with E-state index < -0.39 is 0 Å². The second-order valence-electron chi connectivity index (χ2n) is 6.39. The lowest BCUT2D eigenvalue weighted by molar-refractivity contribution is 0.0793. The van der Waals surface area contributed by atoms with Gasteiger partial charge in [0.2, 0.25) is 0 Å². The molecule has 1 aromatic carbocycles. The third-order valence-electron chi connectivity index (χ3n) is 4.56. The highest BCUT2D eigenvalue weighted by Crippen LogP contribution is 2.34. The highest BCUT2D eigenvalue weighted by Gasteiger charge is 2.31. The molecule has 0 amide bonds. The van der Waals surface area contributed by atoms with E-state index in [0.717, 1.165) is 57.4 Å². The summed E-state index contributed by atoms with van der Waals surface area (Å²) < 4.78 is 11.5. The minimum atomic E-state index is 0. The predicted molar refractivity (Wildman–Crippen MR) is 127 cm³/mol. The van der Waals surface area contributed by atoms with Crippen LogP contribution in [0, 0.1) is 0 Å². The predicted octanol–water partition coefficient (Wildman–Crippen LogP) is 4.15. The van der Waals surface area contributed by atoms with Crippen molar-refractivity contribution in [3.63, 3.8) is 0 Å². The highest BCUT2D eigenvalue weighted by atomic mass is 127. The van der Waals surface area contributed by atoms with Crippen LogP contribution >= 0.6 is 47.3 Å². The molecule has 1 saturated heterocycles. The molecule has 1 fully saturated rings. The Morgan fingerprint density at radius 3 is 2.59 bits per heavy atom. The van der Waals surface area contributed by atoms with Crippen molar-refractivity contribution in [1.82, 2.24) is 10.2 Å². The zero-order valence-electron chi connectivity index (χ0n) is 16.4. The summed E-state index contributed by atoms with van der Waals surface area (Å²) in [5, 5.41) is 4.10. The lowest BCUT2D eigenvalue weighted by atomic mass is 9.99. The summed E-state index contributed by atoms with van der Waals surface area (Å²) in [4.78, 5) is 7.02. The minimum Gasteiger partial charge on any atom is -0.492 e. The second kappa shape index (κ2) is 13.0. The van der Waals surface area contributed by atoms with E-state index in [-0.39, 0.29) is 28.7 Å². The average molecular weight is 528 g/mol. The Balaban J connectivity index is 0.00000364. The Bertz CT molecular complexity index is 569. The third kappa shape index (κ3) is 8.25. The number of hydrogen-bond acceptors (Lipinski definition) is 4. The molecule has 27 heavy (non-hydrogen) atoms. The van der Waals surface area contributed by atoms with Crippen LogP contribution in [0.25, 0.3) is 0 Å². The molecule has 2 rings (SSSR count). The number of rotatable bonds is 8. The summed E-state index contributed by atoms with van der Waals surface area (Å²) >= 11 is 7.81. The molecule has 0 bridgehead atoms. The molecule has 0 aliphatic carbocycles. The Labute approximate surface area is 189 Å². The van der Waals surface area contributed by atoms with Crippen LogP contribution in [-0.4, -0.2) is 68.4 Å². The zero-order chi connectivity index (χ0) is 18.8. The molecule has 0 aromatic heterocycles. The van der Waals surface area contributed by atoms with Crippen LogP contribution < -0.4 is 10.1 Å². The van der Waals surface area contributed by atoms with Crippen molar-refractivity contribution in [2.75, 3.05) is 52.8 Å². The van der Waals surface area contributed by atoms with E-state index in [4.69, 9.17) is 26.1 Å². The quantitative estimate of drug-likeness (QED) is 0.313. The molecule has 0 atom stereocenters. The molecule has 1 aliphatic heterocycles. The number of thioether (sulfide) groups is 1. The van der Waals surface area contributed by atoms with E-state index in [0.29, 0.717) is 11.6 Å². The number of ether oxygens (including phenoxy) is 2. The van der Waals surface area contributed by atoms with E-state index in [1.165, 1.54) is 0 Å². The van der Waals surface area contributed by atoms with Crippen molar-refractivity contribution in [3.8, 4) is 5.75 Å². The number of halogens is 2. The van der Waals surface area contributed by atoms with Crippen molar-refractivity contribution in [1.29, 1.82) is 0 Å². The number of benzene rings is 1. The van der Waals surface area contributed by atoms with Crippen LogP contribution in [0.1, 0.15) is 19.8 Å². The second-order valence-corrected chi connectivity index (χ2v) is 8.10. The lowest BCUT2D eigenvalue weighted by Gasteiger charge is -2.34. The Hall–Kier alpha value is -0.380. The summed E-state index contributed by atoms with van der Waals surface area (Å²) in [6.07, 6.45) is 4.29.